The van der Waals surface area contributed by atoms with Crippen LogP contribution in [0.2, 0.25) is 0 Å². The molecule has 0 amide bonds. The van der Waals surface area contributed by atoms with E-state index in [1.54, 1.807) is 25.1 Å². The second-order valence-corrected chi connectivity index (χ2v) is 7.50. The Bertz CT molecular complexity index is 608. The number of nitrogens with two attached hydrogens (primary N) is 1. The molecule has 0 radical (unpaired) electrons. The molecular formula is C14H20N2O2S2. The molecule has 20 heavy (non-hydrogen) atoms. The number of rotatable bonds is 7. The monoisotopic (exact) mass is 312 g/mol. The minimum absolute atomic E-state index is 0.273. The molecule has 0 heterocycles. The third-order valence-electron chi connectivity index (χ3n) is 3.53. The van der Waals surface area contributed by atoms with Crippen LogP contribution in [0.5, 0.6) is 0 Å². The van der Waals surface area contributed by atoms with Gasteiger partial charge in [0.25, 0.3) is 0 Å². The summed E-state index contributed by atoms with van der Waals surface area (Å²) < 4.78 is 27.1. The molecule has 2 rings (SSSR count). The van der Waals surface area contributed by atoms with E-state index in [-0.39, 0.29) is 4.99 Å². The van der Waals surface area contributed by atoms with Crippen LogP contribution in [0.15, 0.2) is 23.1 Å². The van der Waals surface area contributed by atoms with Crippen molar-refractivity contribution < 1.29 is 8.42 Å². The maximum Gasteiger partial charge on any atom is 0.240 e. The van der Waals surface area contributed by atoms with Crippen molar-refractivity contribution in [3.8, 4) is 0 Å². The second-order valence-electron chi connectivity index (χ2n) is 5.33. The number of thiocarbonyl (C=S) groups is 1. The molecule has 0 bridgehead atoms. The summed E-state index contributed by atoms with van der Waals surface area (Å²) in [6.45, 7) is 2.25. The Morgan fingerprint density at radius 2 is 2.15 bits per heavy atom. The summed E-state index contributed by atoms with van der Waals surface area (Å²) in [5, 5.41) is 0. The first-order valence-electron chi connectivity index (χ1n) is 6.80. The Kier molecular flexibility index (Phi) is 4.78. The predicted octanol–water partition coefficient (Wildman–Crippen LogP) is 2.10. The van der Waals surface area contributed by atoms with E-state index in [1.807, 2.05) is 0 Å². The quantitative estimate of drug-likeness (QED) is 0.597. The molecule has 1 aliphatic rings. The highest BCUT2D eigenvalue weighted by atomic mass is 32.2. The molecule has 0 unspecified atom stereocenters. The molecule has 3 N–H and O–H groups in total. The number of sulfonamides is 1. The number of hydrogen-bond donors (Lipinski definition) is 2. The number of benzene rings is 1. The van der Waals surface area contributed by atoms with Gasteiger partial charge in [-0.15, -0.1) is 0 Å². The van der Waals surface area contributed by atoms with Crippen molar-refractivity contribution in [2.24, 2.45) is 11.7 Å². The Hall–Kier alpha value is -0.980. The van der Waals surface area contributed by atoms with E-state index >= 15 is 0 Å². The fourth-order valence-electron chi connectivity index (χ4n) is 2.19. The highest BCUT2D eigenvalue weighted by molar-refractivity contribution is 7.89. The average molecular weight is 312 g/mol. The first-order chi connectivity index (χ1) is 9.40. The standard InChI is InChI=1S/C14H20N2O2S2/c1-10-9-12(14(15)19)6-7-13(10)20(17,18)16-8-2-3-11-4-5-11/h6-7,9,11,16H,2-5,8H2,1H3,(H2,15,19). The molecular weight excluding hydrogens is 292 g/mol. The zero-order valence-electron chi connectivity index (χ0n) is 11.6. The summed E-state index contributed by atoms with van der Waals surface area (Å²) in [5.41, 5.74) is 6.88. The maximum atomic E-state index is 12.2. The lowest BCUT2D eigenvalue weighted by Crippen LogP contribution is -2.25. The molecule has 6 heteroatoms. The van der Waals surface area contributed by atoms with Crippen LogP contribution in [0.1, 0.15) is 36.8 Å². The van der Waals surface area contributed by atoms with E-state index in [1.165, 1.54) is 12.8 Å². The van der Waals surface area contributed by atoms with Crippen LogP contribution >= 0.6 is 12.2 Å². The van der Waals surface area contributed by atoms with Gasteiger partial charge in [0, 0.05) is 12.1 Å². The summed E-state index contributed by atoms with van der Waals surface area (Å²) in [6, 6.07) is 4.92. The predicted molar refractivity (Wildman–Crippen MR) is 84.2 cm³/mol. The minimum Gasteiger partial charge on any atom is -0.389 e. The van der Waals surface area contributed by atoms with Gasteiger partial charge in [-0.25, -0.2) is 13.1 Å². The first kappa shape index (κ1) is 15.4. The molecule has 110 valence electrons. The third kappa shape index (κ3) is 4.01. The average Bonchev–Trinajstić information content (AvgIpc) is 3.18. The number of nitrogens with one attached hydrogen (secondary N) is 1. The van der Waals surface area contributed by atoms with Gasteiger partial charge in [0.1, 0.15) is 4.99 Å². The molecule has 0 aromatic heterocycles. The molecule has 0 aliphatic heterocycles. The van der Waals surface area contributed by atoms with E-state index < -0.39 is 10.0 Å². The Morgan fingerprint density at radius 3 is 2.70 bits per heavy atom. The summed E-state index contributed by atoms with van der Waals surface area (Å²) in [6.07, 6.45) is 4.61. The summed E-state index contributed by atoms with van der Waals surface area (Å²) in [4.78, 5) is 0.568. The molecule has 0 atom stereocenters. The lowest BCUT2D eigenvalue weighted by molar-refractivity contribution is 0.572. The van der Waals surface area contributed by atoms with E-state index in [0.29, 0.717) is 22.6 Å². The molecule has 1 aliphatic carbocycles. The van der Waals surface area contributed by atoms with Crippen molar-refractivity contribution in [2.45, 2.75) is 37.5 Å². The van der Waals surface area contributed by atoms with Gasteiger partial charge in [0.2, 0.25) is 10.0 Å². The Balaban J connectivity index is 2.02. The van der Waals surface area contributed by atoms with Crippen molar-refractivity contribution in [1.82, 2.24) is 4.72 Å². The van der Waals surface area contributed by atoms with Gasteiger partial charge in [-0.2, -0.15) is 0 Å². The first-order valence-corrected chi connectivity index (χ1v) is 8.69. The Morgan fingerprint density at radius 1 is 1.45 bits per heavy atom. The molecule has 1 aromatic rings. The topological polar surface area (TPSA) is 72.2 Å². The van der Waals surface area contributed by atoms with Gasteiger partial charge in [0.05, 0.1) is 4.90 Å². The van der Waals surface area contributed by atoms with Gasteiger partial charge in [-0.1, -0.05) is 31.1 Å². The lowest BCUT2D eigenvalue weighted by atomic mass is 10.1. The minimum atomic E-state index is -3.45. The van der Waals surface area contributed by atoms with Crippen molar-refractivity contribution in [3.05, 3.63) is 29.3 Å². The normalized spacial score (nSPS) is 15.2. The maximum absolute atomic E-state index is 12.2. The summed E-state index contributed by atoms with van der Waals surface area (Å²) in [7, 11) is -3.45. The van der Waals surface area contributed by atoms with Crippen LogP contribution in [-0.4, -0.2) is 20.0 Å². The SMILES string of the molecule is Cc1cc(C(N)=S)ccc1S(=O)(=O)NCCCC1CC1. The Labute approximate surface area is 125 Å². The van der Waals surface area contributed by atoms with Crippen LogP contribution < -0.4 is 10.5 Å². The van der Waals surface area contributed by atoms with Gasteiger partial charge in [0.15, 0.2) is 0 Å². The van der Waals surface area contributed by atoms with Crippen LogP contribution in [-0.2, 0) is 10.0 Å². The second kappa shape index (κ2) is 6.20. The zero-order chi connectivity index (χ0) is 14.8. The smallest absolute Gasteiger partial charge is 0.240 e. The van der Waals surface area contributed by atoms with Crippen molar-refractivity contribution >= 4 is 27.2 Å². The van der Waals surface area contributed by atoms with Crippen molar-refractivity contribution in [3.63, 3.8) is 0 Å². The fraction of sp³-hybridized carbons (Fsp3) is 0.500. The molecule has 1 aromatic carbocycles. The van der Waals surface area contributed by atoms with E-state index in [2.05, 4.69) is 4.72 Å². The van der Waals surface area contributed by atoms with Crippen molar-refractivity contribution in [1.29, 1.82) is 0 Å². The molecule has 1 saturated carbocycles. The van der Waals surface area contributed by atoms with Gasteiger partial charge < -0.3 is 5.73 Å². The van der Waals surface area contributed by atoms with E-state index in [4.69, 9.17) is 18.0 Å². The van der Waals surface area contributed by atoms with Crippen LogP contribution in [0, 0.1) is 12.8 Å². The molecule has 4 nitrogen and oxygen atoms in total. The molecule has 0 spiro atoms. The van der Waals surface area contributed by atoms with Crippen LogP contribution in [0.4, 0.5) is 0 Å². The van der Waals surface area contributed by atoms with Crippen LogP contribution in [0.3, 0.4) is 0 Å². The highest BCUT2D eigenvalue weighted by Crippen LogP contribution is 2.33. The molecule has 0 saturated heterocycles. The third-order valence-corrected chi connectivity index (χ3v) is 5.38. The van der Waals surface area contributed by atoms with Crippen molar-refractivity contribution in [2.75, 3.05) is 6.54 Å². The van der Waals surface area contributed by atoms with E-state index in [0.717, 1.165) is 18.8 Å². The zero-order valence-corrected chi connectivity index (χ0v) is 13.2. The van der Waals surface area contributed by atoms with E-state index in [9.17, 15) is 8.42 Å². The number of hydrogen-bond acceptors (Lipinski definition) is 3. The van der Waals surface area contributed by atoms with Gasteiger partial charge >= 0.3 is 0 Å². The number of aryl methyl sites for hydroxylation is 1. The largest absolute Gasteiger partial charge is 0.389 e. The summed E-state index contributed by atoms with van der Waals surface area (Å²) in [5.74, 6) is 0.825. The summed E-state index contributed by atoms with van der Waals surface area (Å²) >= 11 is 4.89. The van der Waals surface area contributed by atoms with Crippen LogP contribution in [0.25, 0.3) is 0 Å². The highest BCUT2D eigenvalue weighted by Gasteiger charge is 2.21. The van der Waals surface area contributed by atoms with Gasteiger partial charge in [-0.3, -0.25) is 0 Å². The molecule has 1 fully saturated rings. The fourth-order valence-corrected chi connectivity index (χ4v) is 3.61. The lowest BCUT2D eigenvalue weighted by Gasteiger charge is -2.10. The van der Waals surface area contributed by atoms with Gasteiger partial charge in [-0.05, 0) is 43.4 Å².